The second-order valence-corrected chi connectivity index (χ2v) is 12.5. The first-order valence-corrected chi connectivity index (χ1v) is 11.7. The van der Waals surface area contributed by atoms with Gasteiger partial charge in [0, 0.05) is 0 Å². The summed E-state index contributed by atoms with van der Waals surface area (Å²) in [6.07, 6.45) is 0.751. The molecule has 4 bridgehead atoms. The summed E-state index contributed by atoms with van der Waals surface area (Å²) in [5.41, 5.74) is 1.70. The molecule has 26 heavy (non-hydrogen) atoms. The van der Waals surface area contributed by atoms with Crippen LogP contribution in [0.3, 0.4) is 0 Å². The van der Waals surface area contributed by atoms with E-state index in [4.69, 9.17) is 116 Å². The predicted molar refractivity (Wildman–Crippen MR) is 114 cm³/mol. The summed E-state index contributed by atoms with van der Waals surface area (Å²) >= 11 is 66.5. The number of hydrogen-bond acceptors (Lipinski definition) is 0. The largest absolute Gasteiger partial charge is 0.159 e. The SMILES string of the molecule is Clc1c(Cl)c(Cl)c2c(c1Cl)[C@H]1C[C@@H]2[C@@H]2[C@H]1[C@]1(Cl)C(Cl)C(Cl)[C@@]2(Cl)C1(Cl)Cl. The van der Waals surface area contributed by atoms with E-state index in [9.17, 15) is 0 Å². The van der Waals surface area contributed by atoms with Crippen LogP contribution in [0, 0.1) is 11.8 Å². The Morgan fingerprint density at radius 2 is 0.962 bits per heavy atom. The van der Waals surface area contributed by atoms with Gasteiger partial charge < -0.3 is 0 Å². The summed E-state index contributed by atoms with van der Waals surface area (Å²) < 4.78 is -1.51. The first kappa shape index (κ1) is 20.0. The van der Waals surface area contributed by atoms with Crippen LogP contribution in [0.1, 0.15) is 29.4 Å². The topological polar surface area (TPSA) is 0 Å². The molecule has 5 rings (SSSR count). The van der Waals surface area contributed by atoms with Crippen LogP contribution in [0.5, 0.6) is 0 Å². The van der Waals surface area contributed by atoms with Gasteiger partial charge in [0.25, 0.3) is 0 Å². The van der Waals surface area contributed by atoms with Crippen molar-refractivity contribution >= 4 is 116 Å². The third kappa shape index (κ3) is 1.78. The normalized spacial score (nSPS) is 49.6. The zero-order valence-electron chi connectivity index (χ0n) is 12.5. The van der Waals surface area contributed by atoms with Crippen LogP contribution in [0.2, 0.25) is 20.1 Å². The van der Waals surface area contributed by atoms with Crippen molar-refractivity contribution in [1.29, 1.82) is 0 Å². The Morgan fingerprint density at radius 3 is 1.31 bits per heavy atom. The number of rotatable bonds is 0. The fourth-order valence-corrected chi connectivity index (χ4v) is 10.7. The lowest BCUT2D eigenvalue weighted by molar-refractivity contribution is 0.251. The van der Waals surface area contributed by atoms with Crippen molar-refractivity contribution in [3.63, 3.8) is 0 Å². The summed E-state index contributed by atoms with van der Waals surface area (Å²) in [5.74, 6) is -0.532. The van der Waals surface area contributed by atoms with Crippen LogP contribution < -0.4 is 0 Å². The number of fused-ring (bicyclic) bond motifs is 12. The van der Waals surface area contributed by atoms with E-state index in [2.05, 4.69) is 0 Å². The predicted octanol–water partition coefficient (Wildman–Crippen LogP) is 8.49. The molecule has 0 N–H and O–H groups in total. The van der Waals surface area contributed by atoms with Gasteiger partial charge in [0.1, 0.15) is 9.75 Å². The van der Waals surface area contributed by atoms with Gasteiger partial charge in [0.05, 0.1) is 30.8 Å². The average Bonchev–Trinajstić information content (AvgIpc) is 3.22. The highest BCUT2D eigenvalue weighted by Crippen LogP contribution is 2.84. The fourth-order valence-electron chi connectivity index (χ4n) is 6.01. The molecule has 0 saturated heterocycles. The minimum atomic E-state index is -1.51. The first-order valence-electron chi connectivity index (χ1n) is 7.83. The van der Waals surface area contributed by atoms with Gasteiger partial charge in [-0.1, -0.05) is 69.6 Å². The first-order chi connectivity index (χ1) is 11.9. The summed E-state index contributed by atoms with van der Waals surface area (Å²) in [4.78, 5) is -2.40. The minimum absolute atomic E-state index is 0.0693. The Bertz CT molecular complexity index is 800. The third-order valence-corrected chi connectivity index (χ3v) is 13.4. The van der Waals surface area contributed by atoms with E-state index in [1.165, 1.54) is 0 Å². The zero-order chi connectivity index (χ0) is 19.1. The molecule has 2 unspecified atom stereocenters. The van der Waals surface area contributed by atoms with Gasteiger partial charge >= 0.3 is 0 Å². The highest BCUT2D eigenvalue weighted by molar-refractivity contribution is 6.63. The Labute approximate surface area is 200 Å². The lowest BCUT2D eigenvalue weighted by Crippen LogP contribution is -2.51. The van der Waals surface area contributed by atoms with Crippen molar-refractivity contribution in [2.24, 2.45) is 11.8 Å². The Balaban J connectivity index is 1.81. The van der Waals surface area contributed by atoms with Gasteiger partial charge in [-0.25, -0.2) is 0 Å². The maximum Gasteiger partial charge on any atom is 0.159 e. The third-order valence-electron chi connectivity index (χ3n) is 6.84. The standard InChI is InChI=1S/C16H8Cl10/c17-8-4-2-1-3(5(4)9(18)11(20)10(8)19)7-6(2)14(23)12(21)13(22)15(7,24)16(14,25)26/h2-3,6-7,12-13H,1H2/t2-,3+,6+,7-,12?,13?,14+,15-. The Morgan fingerprint density at radius 1 is 0.615 bits per heavy atom. The van der Waals surface area contributed by atoms with Crippen molar-refractivity contribution in [2.45, 2.75) is 43.1 Å². The quantitative estimate of drug-likeness (QED) is 0.131. The van der Waals surface area contributed by atoms with Crippen molar-refractivity contribution in [2.75, 3.05) is 0 Å². The number of alkyl halides is 6. The van der Waals surface area contributed by atoms with Crippen LogP contribution in [0.15, 0.2) is 0 Å². The van der Waals surface area contributed by atoms with Crippen LogP contribution >= 0.6 is 116 Å². The highest BCUT2D eigenvalue weighted by Gasteiger charge is 2.89. The van der Waals surface area contributed by atoms with Crippen LogP contribution in [0.4, 0.5) is 0 Å². The van der Waals surface area contributed by atoms with Crippen LogP contribution in [-0.4, -0.2) is 24.8 Å². The molecule has 8 atom stereocenters. The van der Waals surface area contributed by atoms with E-state index in [0.29, 0.717) is 10.0 Å². The minimum Gasteiger partial charge on any atom is -0.119 e. The molecule has 0 aromatic heterocycles. The lowest BCUT2D eigenvalue weighted by atomic mass is 9.68. The number of benzene rings is 1. The van der Waals surface area contributed by atoms with E-state index < -0.39 is 24.8 Å². The molecule has 0 radical (unpaired) electrons. The fraction of sp³-hybridized carbons (Fsp3) is 0.625. The van der Waals surface area contributed by atoms with Gasteiger partial charge in [0.2, 0.25) is 0 Å². The molecule has 3 saturated carbocycles. The van der Waals surface area contributed by atoms with E-state index in [1.807, 2.05) is 0 Å². The molecule has 3 fully saturated rings. The van der Waals surface area contributed by atoms with Gasteiger partial charge in [-0.05, 0) is 41.2 Å². The average molecular weight is 555 g/mol. The van der Waals surface area contributed by atoms with Crippen molar-refractivity contribution in [3.8, 4) is 0 Å². The van der Waals surface area contributed by atoms with Crippen LogP contribution in [0.25, 0.3) is 0 Å². The molecular weight excluding hydrogens is 547 g/mol. The molecule has 0 amide bonds. The maximum absolute atomic E-state index is 7.05. The highest BCUT2D eigenvalue weighted by atomic mass is 35.5. The van der Waals surface area contributed by atoms with Gasteiger partial charge in [0.15, 0.2) is 4.33 Å². The molecule has 0 heterocycles. The second kappa shape index (κ2) is 5.67. The maximum atomic E-state index is 7.05. The van der Waals surface area contributed by atoms with Crippen LogP contribution in [-0.2, 0) is 0 Å². The molecule has 4 aliphatic carbocycles. The van der Waals surface area contributed by atoms with E-state index in [-0.39, 0.29) is 33.7 Å². The lowest BCUT2D eigenvalue weighted by Gasteiger charge is -2.45. The van der Waals surface area contributed by atoms with E-state index in [0.717, 1.165) is 17.5 Å². The van der Waals surface area contributed by atoms with Crippen molar-refractivity contribution in [1.82, 2.24) is 0 Å². The molecule has 142 valence electrons. The molecule has 1 aromatic carbocycles. The smallest absolute Gasteiger partial charge is 0.119 e. The molecule has 10 heteroatoms. The molecule has 0 aliphatic heterocycles. The molecular formula is C16H8Cl10. The molecule has 0 spiro atoms. The number of hydrogen-bond donors (Lipinski definition) is 0. The summed E-state index contributed by atoms with van der Waals surface area (Å²) in [7, 11) is 0. The second-order valence-electron chi connectivity index (χ2n) is 7.50. The van der Waals surface area contributed by atoms with Gasteiger partial charge in [-0.2, -0.15) is 0 Å². The Hall–Kier alpha value is 2.12. The zero-order valence-corrected chi connectivity index (χ0v) is 20.0. The van der Waals surface area contributed by atoms with E-state index in [1.54, 1.807) is 0 Å². The Kier molecular flexibility index (Phi) is 4.37. The monoisotopic (exact) mass is 550 g/mol. The van der Waals surface area contributed by atoms with Gasteiger partial charge in [-0.15, -0.1) is 46.4 Å². The van der Waals surface area contributed by atoms with Crippen molar-refractivity contribution in [3.05, 3.63) is 31.2 Å². The summed E-state index contributed by atoms with van der Waals surface area (Å²) in [6.45, 7) is 0. The molecule has 4 aliphatic rings. The van der Waals surface area contributed by atoms with Crippen molar-refractivity contribution < 1.29 is 0 Å². The summed E-state index contributed by atoms with van der Waals surface area (Å²) in [5, 5.41) is -0.156. The van der Waals surface area contributed by atoms with E-state index >= 15 is 0 Å². The summed E-state index contributed by atoms with van der Waals surface area (Å²) in [6, 6.07) is 0. The number of halogens is 10. The molecule has 1 aromatic rings. The van der Waals surface area contributed by atoms with Gasteiger partial charge in [-0.3, -0.25) is 0 Å². The molecule has 0 nitrogen and oxygen atoms in total.